The molecule has 0 aliphatic rings. The lowest BCUT2D eigenvalue weighted by Crippen LogP contribution is -2.37. The molecule has 0 aromatic heterocycles. The average molecular weight is 421 g/mol. The van der Waals surface area contributed by atoms with Gasteiger partial charge in [-0.1, -0.05) is 84.0 Å². The summed E-state index contributed by atoms with van der Waals surface area (Å²) >= 11 is 0. The Bertz CT molecular complexity index is 455. The zero-order chi connectivity index (χ0) is 20.9. The fourth-order valence-electron chi connectivity index (χ4n) is 3.10. The van der Waals surface area contributed by atoms with Crippen molar-refractivity contribution >= 4 is 16.2 Å². The summed E-state index contributed by atoms with van der Waals surface area (Å²) in [5.74, 6) is -0.218. The van der Waals surface area contributed by atoms with Gasteiger partial charge in [-0.25, -0.2) is 9.44 Å². The number of ether oxygens (including phenoxy) is 1. The lowest BCUT2D eigenvalue weighted by atomic mass is 10.1. The highest BCUT2D eigenvalue weighted by molar-refractivity contribution is 7.87. The van der Waals surface area contributed by atoms with Crippen LogP contribution in [0.15, 0.2) is 0 Å². The maximum Gasteiger partial charge on any atom is 0.305 e. The monoisotopic (exact) mass is 420 g/mol. The van der Waals surface area contributed by atoms with E-state index in [9.17, 15) is 13.2 Å². The molecule has 0 aliphatic carbocycles. The van der Waals surface area contributed by atoms with Crippen LogP contribution >= 0.6 is 0 Å². The minimum absolute atomic E-state index is 0.218. The quantitative estimate of drug-likeness (QED) is 0.205. The van der Waals surface area contributed by atoms with Gasteiger partial charge in [0.05, 0.1) is 7.11 Å². The largest absolute Gasteiger partial charge is 0.469 e. The first-order chi connectivity index (χ1) is 13.5. The van der Waals surface area contributed by atoms with Gasteiger partial charge in [0.1, 0.15) is 0 Å². The van der Waals surface area contributed by atoms with Gasteiger partial charge in [0.2, 0.25) is 0 Å². The zero-order valence-electron chi connectivity index (χ0n) is 18.3. The molecule has 0 heterocycles. The summed E-state index contributed by atoms with van der Waals surface area (Å²) in [7, 11) is -2.02. The van der Waals surface area contributed by atoms with Crippen molar-refractivity contribution in [3.8, 4) is 0 Å². The maximum atomic E-state index is 11.8. The van der Waals surface area contributed by atoms with Crippen LogP contribution < -0.4 is 9.44 Å². The molecule has 0 rings (SSSR count). The van der Waals surface area contributed by atoms with E-state index in [4.69, 9.17) is 0 Å². The number of hydrogen-bond acceptors (Lipinski definition) is 4. The first kappa shape index (κ1) is 27.3. The van der Waals surface area contributed by atoms with Crippen LogP contribution in [0.4, 0.5) is 0 Å². The van der Waals surface area contributed by atoms with E-state index in [1.807, 2.05) is 0 Å². The number of methoxy groups -OCH3 is 1. The molecule has 0 spiro atoms. The molecule has 28 heavy (non-hydrogen) atoms. The standard InChI is InChI=1S/C21H44N2O4S/c1-3-4-5-6-7-8-9-10-11-12-13-16-19-22-28(25,26)23-20-17-14-15-18-21(24)27-2/h22-23H,3-20H2,1-2H3. The predicted octanol–water partition coefficient (Wildman–Crippen LogP) is 4.84. The van der Waals surface area contributed by atoms with Crippen LogP contribution in [-0.4, -0.2) is 34.6 Å². The molecule has 0 aromatic carbocycles. The van der Waals surface area contributed by atoms with Crippen LogP contribution in [0.2, 0.25) is 0 Å². The summed E-state index contributed by atoms with van der Waals surface area (Å²) in [5.41, 5.74) is 0. The van der Waals surface area contributed by atoms with Gasteiger partial charge in [-0.2, -0.15) is 8.42 Å². The van der Waals surface area contributed by atoms with Gasteiger partial charge in [-0.05, 0) is 19.3 Å². The SMILES string of the molecule is CCCCCCCCCCCCCCNS(=O)(=O)NCCCCCC(=O)OC. The van der Waals surface area contributed by atoms with E-state index >= 15 is 0 Å². The van der Waals surface area contributed by atoms with E-state index in [-0.39, 0.29) is 5.97 Å². The van der Waals surface area contributed by atoms with Gasteiger partial charge >= 0.3 is 5.97 Å². The molecule has 0 amide bonds. The number of esters is 1. The number of hydrogen-bond donors (Lipinski definition) is 2. The topological polar surface area (TPSA) is 84.5 Å². The Kier molecular flexibility index (Phi) is 19.2. The fourth-order valence-corrected chi connectivity index (χ4v) is 4.03. The molecule has 6 nitrogen and oxygen atoms in total. The first-order valence-corrected chi connectivity index (χ1v) is 12.8. The van der Waals surface area contributed by atoms with E-state index in [2.05, 4.69) is 21.1 Å². The summed E-state index contributed by atoms with van der Waals surface area (Å²) in [4.78, 5) is 11.0. The van der Waals surface area contributed by atoms with Gasteiger partial charge in [0, 0.05) is 19.5 Å². The van der Waals surface area contributed by atoms with Gasteiger partial charge < -0.3 is 4.74 Å². The molecule has 0 saturated heterocycles. The Balaban J connectivity index is 3.36. The second-order valence-corrected chi connectivity index (χ2v) is 9.15. The average Bonchev–Trinajstić information content (AvgIpc) is 2.67. The molecule has 0 atom stereocenters. The number of carbonyl (C=O) groups is 1. The maximum absolute atomic E-state index is 11.8. The van der Waals surface area contributed by atoms with E-state index in [0.717, 1.165) is 32.1 Å². The summed E-state index contributed by atoms with van der Waals surface area (Å²) in [6.07, 6.45) is 17.9. The smallest absolute Gasteiger partial charge is 0.305 e. The van der Waals surface area contributed by atoms with Crippen molar-refractivity contribution in [2.75, 3.05) is 20.2 Å². The van der Waals surface area contributed by atoms with Crippen LogP contribution in [0.25, 0.3) is 0 Å². The van der Waals surface area contributed by atoms with Crippen LogP contribution in [0.3, 0.4) is 0 Å². The minimum Gasteiger partial charge on any atom is -0.469 e. The highest BCUT2D eigenvalue weighted by Crippen LogP contribution is 2.11. The van der Waals surface area contributed by atoms with E-state index in [0.29, 0.717) is 19.5 Å². The Hall–Kier alpha value is -0.660. The molecule has 2 N–H and O–H groups in total. The normalized spacial score (nSPS) is 11.6. The first-order valence-electron chi connectivity index (χ1n) is 11.3. The second-order valence-electron chi connectivity index (χ2n) is 7.57. The van der Waals surface area contributed by atoms with Crippen molar-refractivity contribution in [1.29, 1.82) is 0 Å². The highest BCUT2D eigenvalue weighted by atomic mass is 32.2. The van der Waals surface area contributed by atoms with Gasteiger partial charge in [-0.15, -0.1) is 0 Å². The summed E-state index contributed by atoms with van der Waals surface area (Å²) in [6.45, 7) is 3.14. The molecule has 0 unspecified atom stereocenters. The molecule has 168 valence electrons. The van der Waals surface area contributed by atoms with Crippen LogP contribution in [0.5, 0.6) is 0 Å². The second kappa shape index (κ2) is 19.6. The summed E-state index contributed by atoms with van der Waals surface area (Å²) in [6, 6.07) is 0. The van der Waals surface area contributed by atoms with Crippen molar-refractivity contribution in [1.82, 2.24) is 9.44 Å². The third-order valence-corrected chi connectivity index (χ3v) is 6.07. The lowest BCUT2D eigenvalue weighted by Gasteiger charge is -2.08. The predicted molar refractivity (Wildman–Crippen MR) is 116 cm³/mol. The zero-order valence-corrected chi connectivity index (χ0v) is 19.1. The van der Waals surface area contributed by atoms with Crippen molar-refractivity contribution in [2.45, 2.75) is 110 Å². The Morgan fingerprint density at radius 2 is 1.07 bits per heavy atom. The molecule has 0 saturated carbocycles. The Morgan fingerprint density at radius 1 is 0.679 bits per heavy atom. The van der Waals surface area contributed by atoms with Crippen LogP contribution in [0, 0.1) is 0 Å². The van der Waals surface area contributed by atoms with Gasteiger partial charge in [0.15, 0.2) is 0 Å². The lowest BCUT2D eigenvalue weighted by molar-refractivity contribution is -0.140. The molecule has 7 heteroatoms. The number of nitrogens with one attached hydrogen (secondary N) is 2. The van der Waals surface area contributed by atoms with Crippen LogP contribution in [-0.2, 0) is 19.7 Å². The molecular formula is C21H44N2O4S. The summed E-state index contributed by atoms with van der Waals surface area (Å²) in [5, 5.41) is 0. The van der Waals surface area contributed by atoms with E-state index < -0.39 is 10.2 Å². The van der Waals surface area contributed by atoms with Crippen molar-refractivity contribution in [3.05, 3.63) is 0 Å². The fraction of sp³-hybridized carbons (Fsp3) is 0.952. The number of rotatable bonds is 21. The van der Waals surface area contributed by atoms with Crippen molar-refractivity contribution in [2.24, 2.45) is 0 Å². The van der Waals surface area contributed by atoms with E-state index in [1.165, 1.54) is 71.3 Å². The molecule has 0 bridgehead atoms. The third-order valence-electron chi connectivity index (χ3n) is 4.90. The third kappa shape index (κ3) is 20.1. The van der Waals surface area contributed by atoms with Gasteiger partial charge in [0.25, 0.3) is 10.2 Å². The molecule has 0 fully saturated rings. The number of carbonyl (C=O) groups excluding carboxylic acids is 1. The molecular weight excluding hydrogens is 376 g/mol. The summed E-state index contributed by atoms with van der Waals surface area (Å²) < 4.78 is 33.4. The Labute approximate surface area is 173 Å². The molecule has 0 radical (unpaired) electrons. The van der Waals surface area contributed by atoms with E-state index in [1.54, 1.807) is 0 Å². The van der Waals surface area contributed by atoms with Crippen molar-refractivity contribution < 1.29 is 17.9 Å². The highest BCUT2D eigenvalue weighted by Gasteiger charge is 2.07. The number of unbranched alkanes of at least 4 members (excludes halogenated alkanes) is 13. The minimum atomic E-state index is -3.40. The van der Waals surface area contributed by atoms with Crippen molar-refractivity contribution in [3.63, 3.8) is 0 Å². The Morgan fingerprint density at radius 3 is 1.50 bits per heavy atom. The molecule has 0 aromatic rings. The van der Waals surface area contributed by atoms with Crippen LogP contribution in [0.1, 0.15) is 110 Å². The van der Waals surface area contributed by atoms with Gasteiger partial charge in [-0.3, -0.25) is 4.79 Å². The molecule has 0 aliphatic heterocycles.